The van der Waals surface area contributed by atoms with Crippen molar-refractivity contribution in [3.63, 3.8) is 0 Å². The van der Waals surface area contributed by atoms with Gasteiger partial charge in [0.2, 0.25) is 5.91 Å². The third-order valence-electron chi connectivity index (χ3n) is 7.96. The van der Waals surface area contributed by atoms with Gasteiger partial charge in [-0.25, -0.2) is 4.39 Å². The van der Waals surface area contributed by atoms with E-state index in [1.807, 2.05) is 34.1 Å². The van der Waals surface area contributed by atoms with Crippen LogP contribution in [0.4, 0.5) is 4.39 Å². The molecule has 1 aromatic heterocycles. The molecule has 1 aliphatic carbocycles. The van der Waals surface area contributed by atoms with Gasteiger partial charge in [-0.05, 0) is 62.9 Å². The van der Waals surface area contributed by atoms with Crippen molar-refractivity contribution >= 4 is 34.8 Å². The van der Waals surface area contributed by atoms with Crippen molar-refractivity contribution < 1.29 is 13.9 Å². The maximum absolute atomic E-state index is 14.1. The molecule has 3 heterocycles. The minimum atomic E-state index is -0.701. The summed E-state index contributed by atoms with van der Waals surface area (Å²) in [5.74, 6) is -0.273. The Hall–Kier alpha value is -2.94. The third-order valence-corrected chi connectivity index (χ3v) is 8.67. The highest BCUT2D eigenvalue weighted by atomic mass is 35.5. The molecule has 0 saturated carbocycles. The van der Waals surface area contributed by atoms with E-state index in [1.165, 1.54) is 12.1 Å². The first kappa shape index (κ1) is 28.6. The molecule has 2 saturated heterocycles. The number of nitrogens with one attached hydrogen (secondary N) is 2. The summed E-state index contributed by atoms with van der Waals surface area (Å²) in [6.45, 7) is 8.07. The SMILES string of the molecule is C=C1C=CC(c2cnn(C3CCN(C(=O)C4CCCCN4)CC3)c2)C=C(OC(C)c2c(Cl)ccc(F)c2Cl)C1=N. The van der Waals surface area contributed by atoms with Gasteiger partial charge in [0.1, 0.15) is 23.4 Å². The van der Waals surface area contributed by atoms with Crippen molar-refractivity contribution in [2.24, 2.45) is 0 Å². The second-order valence-electron chi connectivity index (χ2n) is 10.6. The van der Waals surface area contributed by atoms with Gasteiger partial charge in [-0.2, -0.15) is 5.10 Å². The zero-order valence-corrected chi connectivity index (χ0v) is 24.0. The van der Waals surface area contributed by atoms with Crippen LogP contribution in [-0.2, 0) is 9.53 Å². The van der Waals surface area contributed by atoms with Gasteiger partial charge >= 0.3 is 0 Å². The summed E-state index contributed by atoms with van der Waals surface area (Å²) in [6.07, 6.45) is 13.6. The van der Waals surface area contributed by atoms with Crippen LogP contribution < -0.4 is 5.32 Å². The summed E-state index contributed by atoms with van der Waals surface area (Å²) in [4.78, 5) is 14.9. The standard InChI is InChI=1S/C30H34Cl2FN5O2/c1-18-6-7-20(15-26(29(18)34)40-19(2)27-23(31)8-9-24(33)28(27)32)21-16-36-38(17-21)22-10-13-37(14-11-22)30(39)25-5-3-4-12-35-25/h6-9,15-17,19-20,22,25,34-35H,1,3-5,10-14H2,2H3. The second-order valence-corrected chi connectivity index (χ2v) is 11.4. The summed E-state index contributed by atoms with van der Waals surface area (Å²) < 4.78 is 22.3. The number of amides is 1. The van der Waals surface area contributed by atoms with Crippen LogP contribution in [-0.4, -0.2) is 52.0 Å². The number of piperidine rings is 2. The molecule has 1 aromatic carbocycles. The van der Waals surface area contributed by atoms with Crippen LogP contribution in [0.5, 0.6) is 0 Å². The van der Waals surface area contributed by atoms with Crippen LogP contribution in [0, 0.1) is 11.2 Å². The third kappa shape index (κ3) is 6.04. The lowest BCUT2D eigenvalue weighted by Crippen LogP contribution is -2.50. The van der Waals surface area contributed by atoms with E-state index in [2.05, 4.69) is 17.0 Å². The molecule has 5 rings (SSSR count). The first-order valence-electron chi connectivity index (χ1n) is 13.8. The number of ether oxygens (including phenoxy) is 1. The number of aromatic nitrogens is 2. The van der Waals surface area contributed by atoms with Crippen LogP contribution in [0.3, 0.4) is 0 Å². The number of carbonyl (C=O) groups is 1. The number of likely N-dealkylation sites (tertiary alicyclic amines) is 1. The van der Waals surface area contributed by atoms with Crippen LogP contribution >= 0.6 is 23.2 Å². The molecule has 10 heteroatoms. The topological polar surface area (TPSA) is 83.2 Å². The average Bonchev–Trinajstić information content (AvgIpc) is 3.42. The Balaban J connectivity index is 1.29. The van der Waals surface area contributed by atoms with Gasteiger partial charge in [-0.3, -0.25) is 14.9 Å². The van der Waals surface area contributed by atoms with Gasteiger partial charge in [-0.15, -0.1) is 0 Å². The number of nitrogens with zero attached hydrogens (tertiary/aromatic N) is 3. The fourth-order valence-electron chi connectivity index (χ4n) is 5.59. The molecule has 0 radical (unpaired) electrons. The Morgan fingerprint density at radius 1 is 1.25 bits per heavy atom. The Morgan fingerprint density at radius 3 is 2.75 bits per heavy atom. The van der Waals surface area contributed by atoms with E-state index in [-0.39, 0.29) is 39.7 Å². The predicted molar refractivity (Wildman–Crippen MR) is 155 cm³/mol. The molecule has 212 valence electrons. The van der Waals surface area contributed by atoms with Crippen LogP contribution in [0.2, 0.25) is 10.0 Å². The van der Waals surface area contributed by atoms with Crippen LogP contribution in [0.15, 0.2) is 60.7 Å². The molecule has 1 amide bonds. The van der Waals surface area contributed by atoms with Gasteiger partial charge in [0.05, 0.1) is 23.3 Å². The molecule has 2 aromatic rings. The maximum Gasteiger partial charge on any atom is 0.239 e. The van der Waals surface area contributed by atoms with Gasteiger partial charge < -0.3 is 15.0 Å². The minimum absolute atomic E-state index is 0.0454. The number of hydrogen-bond acceptors (Lipinski definition) is 5. The molecule has 2 aliphatic heterocycles. The normalized spacial score (nSPS) is 23.1. The molecular weight excluding hydrogens is 552 g/mol. The fraction of sp³-hybridized carbons (Fsp3) is 0.433. The van der Waals surface area contributed by atoms with Crippen molar-refractivity contribution in [1.29, 1.82) is 5.41 Å². The summed E-state index contributed by atoms with van der Waals surface area (Å²) in [6, 6.07) is 2.81. The lowest BCUT2D eigenvalue weighted by molar-refractivity contribution is -0.135. The molecular formula is C30H34Cl2FN5O2. The number of carbonyl (C=O) groups excluding carboxylic acids is 1. The lowest BCUT2D eigenvalue weighted by Gasteiger charge is -2.35. The van der Waals surface area contributed by atoms with Crippen molar-refractivity contribution in [2.75, 3.05) is 19.6 Å². The highest BCUT2D eigenvalue weighted by Gasteiger charge is 2.30. The van der Waals surface area contributed by atoms with E-state index in [0.717, 1.165) is 57.3 Å². The van der Waals surface area contributed by atoms with E-state index in [1.54, 1.807) is 13.0 Å². The quantitative estimate of drug-likeness (QED) is 0.378. The molecule has 2 fully saturated rings. The van der Waals surface area contributed by atoms with E-state index in [4.69, 9.17) is 33.3 Å². The second kappa shape index (κ2) is 12.3. The van der Waals surface area contributed by atoms with Gasteiger partial charge in [0, 0.05) is 41.4 Å². The minimum Gasteiger partial charge on any atom is -0.484 e. The number of hydrogen-bond donors (Lipinski definition) is 2. The van der Waals surface area contributed by atoms with Crippen molar-refractivity contribution in [2.45, 2.75) is 63.1 Å². The van der Waals surface area contributed by atoms with Gasteiger partial charge in [-0.1, -0.05) is 48.4 Å². The van der Waals surface area contributed by atoms with E-state index < -0.39 is 11.9 Å². The molecule has 2 N–H and O–H groups in total. The molecule has 0 spiro atoms. The highest BCUT2D eigenvalue weighted by Crippen LogP contribution is 2.37. The lowest BCUT2D eigenvalue weighted by atomic mass is 10.00. The average molecular weight is 587 g/mol. The Morgan fingerprint density at radius 2 is 2.02 bits per heavy atom. The van der Waals surface area contributed by atoms with E-state index >= 15 is 0 Å². The van der Waals surface area contributed by atoms with Crippen LogP contribution in [0.25, 0.3) is 0 Å². The largest absolute Gasteiger partial charge is 0.484 e. The van der Waals surface area contributed by atoms with Crippen LogP contribution in [0.1, 0.15) is 68.2 Å². The zero-order valence-electron chi connectivity index (χ0n) is 22.5. The number of halogens is 3. The first-order chi connectivity index (χ1) is 19.2. The Labute approximate surface area is 244 Å². The summed E-state index contributed by atoms with van der Waals surface area (Å²) in [5, 5.41) is 16.8. The zero-order chi connectivity index (χ0) is 28.4. The Bertz CT molecular complexity index is 1360. The smallest absolute Gasteiger partial charge is 0.239 e. The highest BCUT2D eigenvalue weighted by molar-refractivity contribution is 6.36. The maximum atomic E-state index is 14.1. The van der Waals surface area contributed by atoms with Gasteiger partial charge in [0.25, 0.3) is 0 Å². The molecule has 3 atom stereocenters. The fourth-order valence-corrected chi connectivity index (χ4v) is 6.27. The number of benzene rings is 1. The van der Waals surface area contributed by atoms with Crippen molar-refractivity contribution in [1.82, 2.24) is 20.0 Å². The number of allylic oxidation sites excluding steroid dienone is 4. The van der Waals surface area contributed by atoms with Crippen molar-refractivity contribution in [3.8, 4) is 0 Å². The predicted octanol–water partition coefficient (Wildman–Crippen LogP) is 6.53. The number of rotatable bonds is 6. The monoisotopic (exact) mass is 585 g/mol. The molecule has 3 aliphatic rings. The van der Waals surface area contributed by atoms with Gasteiger partial charge in [0.15, 0.2) is 0 Å². The molecule has 7 nitrogen and oxygen atoms in total. The molecule has 40 heavy (non-hydrogen) atoms. The van der Waals surface area contributed by atoms with Crippen molar-refractivity contribution in [3.05, 3.63) is 87.7 Å². The first-order valence-corrected chi connectivity index (χ1v) is 14.5. The summed E-state index contributed by atoms with van der Waals surface area (Å²) in [5.41, 5.74) is 1.90. The molecule has 0 bridgehead atoms. The Kier molecular flexibility index (Phi) is 8.78. The summed E-state index contributed by atoms with van der Waals surface area (Å²) in [7, 11) is 0. The van der Waals surface area contributed by atoms with E-state index in [0.29, 0.717) is 16.9 Å². The molecule has 3 unspecified atom stereocenters. The van der Waals surface area contributed by atoms with E-state index in [9.17, 15) is 9.18 Å². The summed E-state index contributed by atoms with van der Waals surface area (Å²) >= 11 is 12.5.